The van der Waals surface area contributed by atoms with Crippen molar-refractivity contribution in [3.05, 3.63) is 89.5 Å². The van der Waals surface area contributed by atoms with Crippen molar-refractivity contribution in [3.8, 4) is 0 Å². The van der Waals surface area contributed by atoms with Crippen LogP contribution in [0.1, 0.15) is 30.4 Å². The van der Waals surface area contributed by atoms with Crippen molar-refractivity contribution in [2.24, 2.45) is 0 Å². The van der Waals surface area contributed by atoms with Crippen LogP contribution in [0.25, 0.3) is 23.2 Å². The summed E-state index contributed by atoms with van der Waals surface area (Å²) in [6, 6.07) is 11.2. The molecule has 0 spiro atoms. The molecule has 0 fully saturated rings. The molecule has 4 rings (SSSR count). The number of aromatic amines is 1. The first-order valence-electron chi connectivity index (χ1n) is 9.12. The number of fused-ring (bicyclic) bond motifs is 1. The number of hydrogen-bond acceptors (Lipinski definition) is 4. The number of benzene rings is 2. The number of hydrogen-bond donors (Lipinski definition) is 1. The first-order chi connectivity index (χ1) is 14.0. The van der Waals surface area contributed by atoms with E-state index in [0.717, 1.165) is 33.2 Å². The molecule has 29 heavy (non-hydrogen) atoms. The fraction of sp³-hybridized carbons (Fsp3) is 0.136. The molecule has 4 aromatic rings. The first-order valence-corrected chi connectivity index (χ1v) is 10.7. The van der Waals surface area contributed by atoms with Crippen LogP contribution in [0.4, 0.5) is 0 Å². The summed E-state index contributed by atoms with van der Waals surface area (Å²) in [5.41, 5.74) is 3.27. The average molecular weight is 442 g/mol. The van der Waals surface area contributed by atoms with E-state index in [1.807, 2.05) is 48.6 Å². The van der Waals surface area contributed by atoms with Crippen LogP contribution in [-0.4, -0.2) is 15.0 Å². The molecule has 146 valence electrons. The van der Waals surface area contributed by atoms with Gasteiger partial charge in [-0.25, -0.2) is 0 Å². The minimum Gasteiger partial charge on any atom is -0.313 e. The van der Waals surface area contributed by atoms with Crippen LogP contribution < -0.4 is 14.8 Å². The van der Waals surface area contributed by atoms with Gasteiger partial charge >= 0.3 is 0 Å². The van der Waals surface area contributed by atoms with Gasteiger partial charge in [-0.3, -0.25) is 14.8 Å². The van der Waals surface area contributed by atoms with Crippen LogP contribution in [0, 0.1) is 0 Å². The molecule has 1 atom stereocenters. The Bertz CT molecular complexity index is 1340. The second kappa shape index (κ2) is 8.49. The van der Waals surface area contributed by atoms with Crippen LogP contribution in [0.3, 0.4) is 0 Å². The normalized spacial score (nSPS) is 13.9. The summed E-state index contributed by atoms with van der Waals surface area (Å²) < 4.78 is 1.41. The number of nitrogens with one attached hydrogen (secondary N) is 1. The molecular weight excluding hydrogens is 425 g/mol. The van der Waals surface area contributed by atoms with Gasteiger partial charge in [0, 0.05) is 28.4 Å². The molecule has 2 aromatic heterocycles. The van der Waals surface area contributed by atoms with Crippen molar-refractivity contribution in [1.82, 2.24) is 15.0 Å². The molecule has 0 aliphatic rings. The van der Waals surface area contributed by atoms with Crippen molar-refractivity contribution in [1.29, 1.82) is 0 Å². The lowest BCUT2D eigenvalue weighted by atomic mass is 9.96. The highest BCUT2D eigenvalue weighted by Crippen LogP contribution is 2.34. The molecule has 0 aliphatic heterocycles. The Kier molecular flexibility index (Phi) is 5.81. The third kappa shape index (κ3) is 4.27. The van der Waals surface area contributed by atoms with Gasteiger partial charge in [0.05, 0.1) is 20.2 Å². The molecule has 4 nitrogen and oxygen atoms in total. The van der Waals surface area contributed by atoms with Gasteiger partial charge in [-0.2, -0.15) is 0 Å². The zero-order valence-corrected chi connectivity index (χ0v) is 17.9. The molecule has 7 heteroatoms. The predicted octanol–water partition coefficient (Wildman–Crippen LogP) is 4.49. The lowest BCUT2D eigenvalue weighted by molar-refractivity contribution is 0.839. The summed E-state index contributed by atoms with van der Waals surface area (Å²) in [5, 5.41) is 1.26. The van der Waals surface area contributed by atoms with E-state index in [0.29, 0.717) is 14.6 Å². The maximum atomic E-state index is 12.5. The maximum Gasteiger partial charge on any atom is 0.266 e. The predicted molar refractivity (Wildman–Crippen MR) is 121 cm³/mol. The van der Waals surface area contributed by atoms with Crippen LogP contribution in [0.15, 0.2) is 53.6 Å². The van der Waals surface area contributed by atoms with Gasteiger partial charge < -0.3 is 4.98 Å². The van der Waals surface area contributed by atoms with Crippen LogP contribution in [-0.2, 0) is 0 Å². The number of aromatic nitrogens is 3. The smallest absolute Gasteiger partial charge is 0.266 e. The quantitative estimate of drug-likeness (QED) is 0.507. The van der Waals surface area contributed by atoms with Gasteiger partial charge in [0.25, 0.3) is 5.56 Å². The van der Waals surface area contributed by atoms with Gasteiger partial charge in [-0.15, -0.1) is 11.3 Å². The van der Waals surface area contributed by atoms with Gasteiger partial charge in [0.15, 0.2) is 0 Å². The van der Waals surface area contributed by atoms with E-state index in [4.69, 9.17) is 23.2 Å². The number of halogens is 2. The minimum atomic E-state index is -0.124. The monoisotopic (exact) mass is 441 g/mol. The molecule has 0 saturated carbocycles. The number of rotatable bonds is 4. The second-order valence-electron chi connectivity index (χ2n) is 6.55. The Hall–Kier alpha value is -2.47. The Morgan fingerprint density at radius 2 is 1.83 bits per heavy atom. The number of H-pyrrole nitrogens is 1. The van der Waals surface area contributed by atoms with Gasteiger partial charge in [0.2, 0.25) is 0 Å². The average Bonchev–Trinajstić information content (AvgIpc) is 3.05. The number of thiazole rings is 1. The molecule has 0 radical (unpaired) electrons. The van der Waals surface area contributed by atoms with E-state index in [2.05, 4.69) is 21.9 Å². The Balaban J connectivity index is 1.76. The maximum absolute atomic E-state index is 12.5. The molecule has 2 heterocycles. The van der Waals surface area contributed by atoms with Crippen LogP contribution in [0.5, 0.6) is 0 Å². The van der Waals surface area contributed by atoms with E-state index in [1.165, 1.54) is 11.3 Å². The van der Waals surface area contributed by atoms with Crippen LogP contribution >= 0.6 is 34.5 Å². The summed E-state index contributed by atoms with van der Waals surface area (Å²) in [4.78, 5) is 24.0. The van der Waals surface area contributed by atoms with Crippen molar-refractivity contribution in [2.45, 2.75) is 19.3 Å². The highest BCUT2D eigenvalue weighted by molar-refractivity contribution is 7.07. The molecular formula is C22H17Cl2N3OS. The van der Waals surface area contributed by atoms with E-state index < -0.39 is 0 Å². The summed E-state index contributed by atoms with van der Waals surface area (Å²) in [5.74, 6) is 0.00860. The molecule has 1 unspecified atom stereocenters. The van der Waals surface area contributed by atoms with E-state index in [-0.39, 0.29) is 11.5 Å². The molecule has 0 aliphatic carbocycles. The first kappa shape index (κ1) is 19.8. The fourth-order valence-electron chi connectivity index (χ4n) is 3.21. The molecule has 0 saturated heterocycles. The van der Waals surface area contributed by atoms with Gasteiger partial charge in [0.1, 0.15) is 0 Å². The Morgan fingerprint density at radius 1 is 1.10 bits per heavy atom. The third-order valence-electron chi connectivity index (χ3n) is 4.63. The third-order valence-corrected chi connectivity index (χ3v) is 6.27. The van der Waals surface area contributed by atoms with E-state index >= 15 is 0 Å². The number of nitrogens with zero attached hydrogens (tertiary/aromatic N) is 2. The van der Waals surface area contributed by atoms with Crippen LogP contribution in [0.2, 0.25) is 10.0 Å². The summed E-state index contributed by atoms with van der Waals surface area (Å²) in [6.45, 7) is 2.07. The molecule has 1 N–H and O–H groups in total. The Morgan fingerprint density at radius 3 is 2.55 bits per heavy atom. The van der Waals surface area contributed by atoms with E-state index in [9.17, 15) is 4.79 Å². The fourth-order valence-corrected chi connectivity index (χ4v) is 4.84. The topological polar surface area (TPSA) is 58.6 Å². The summed E-state index contributed by atoms with van der Waals surface area (Å²) in [6.07, 6.45) is 8.00. The van der Waals surface area contributed by atoms with Gasteiger partial charge in [-0.05, 0) is 54.0 Å². The van der Waals surface area contributed by atoms with Crippen molar-refractivity contribution < 1.29 is 0 Å². The summed E-state index contributed by atoms with van der Waals surface area (Å²) in [7, 11) is 0. The van der Waals surface area contributed by atoms with Gasteiger partial charge in [-0.1, -0.05) is 42.3 Å². The van der Waals surface area contributed by atoms with Crippen molar-refractivity contribution in [3.63, 3.8) is 0 Å². The second-order valence-corrected chi connectivity index (χ2v) is 8.45. The SMILES string of the molecule is CCC(/C=c1/[nH]c(=O)/c(=C/c2ccc3nccnc3c2)s1)c1c(Cl)cccc1Cl. The molecule has 0 amide bonds. The largest absolute Gasteiger partial charge is 0.313 e. The lowest BCUT2D eigenvalue weighted by Gasteiger charge is -2.13. The van der Waals surface area contributed by atoms with E-state index in [1.54, 1.807) is 12.4 Å². The highest BCUT2D eigenvalue weighted by atomic mass is 35.5. The standard InChI is InChI=1S/C22H17Cl2N3OS/c1-2-14(21-15(23)4-3-5-16(21)24)12-20-27-22(28)19(29-20)11-13-6-7-17-18(10-13)26-9-8-25-17/h3-12,14H,2H2,1H3,(H,27,28)/b19-11-,20-12-. The zero-order chi connectivity index (χ0) is 20.4. The summed E-state index contributed by atoms with van der Waals surface area (Å²) >= 11 is 14.1. The molecule has 0 bridgehead atoms. The lowest BCUT2D eigenvalue weighted by Crippen LogP contribution is -2.19. The highest BCUT2D eigenvalue weighted by Gasteiger charge is 2.14. The zero-order valence-electron chi connectivity index (χ0n) is 15.5. The van der Waals surface area contributed by atoms with Crippen molar-refractivity contribution >= 4 is 57.7 Å². The Labute approximate surface area is 181 Å². The van der Waals surface area contributed by atoms with Crippen molar-refractivity contribution in [2.75, 3.05) is 0 Å². The molecule has 2 aromatic carbocycles. The minimum absolute atomic E-state index is 0.00860.